The van der Waals surface area contributed by atoms with Crippen molar-refractivity contribution >= 4 is 29.2 Å². The van der Waals surface area contributed by atoms with Crippen molar-refractivity contribution in [3.05, 3.63) is 51.3 Å². The second-order valence-corrected chi connectivity index (χ2v) is 6.30. The number of alkyl halides is 4. The fourth-order valence-corrected chi connectivity index (χ4v) is 2.31. The van der Waals surface area contributed by atoms with Gasteiger partial charge in [0.05, 0.1) is 12.7 Å². The van der Waals surface area contributed by atoms with Crippen LogP contribution in [0.3, 0.4) is 0 Å². The van der Waals surface area contributed by atoms with Gasteiger partial charge >= 0.3 is 18.3 Å². The zero-order valence-corrected chi connectivity index (χ0v) is 16.0. The van der Waals surface area contributed by atoms with E-state index in [0.29, 0.717) is 0 Å². The quantitative estimate of drug-likeness (QED) is 0.402. The number of methoxy groups -OCH3 is 1. The first-order chi connectivity index (χ1) is 13.5. The maximum Gasteiger partial charge on any atom is 0.340 e. The van der Waals surface area contributed by atoms with Crippen molar-refractivity contribution in [3.63, 3.8) is 0 Å². The van der Waals surface area contributed by atoms with Crippen LogP contribution in [0, 0.1) is 5.82 Å². The van der Waals surface area contributed by atoms with Gasteiger partial charge in [-0.15, -0.1) is 0 Å². The molecule has 0 saturated carbocycles. The number of rotatable bonds is 8. The number of esters is 1. The number of ether oxygens (including phenoxy) is 3. The summed E-state index contributed by atoms with van der Waals surface area (Å²) >= 11 is 11.7. The number of carbonyl (C=O) groups is 1. The van der Waals surface area contributed by atoms with E-state index in [0.717, 1.165) is 19.2 Å². The Bertz CT molecular complexity index is 898. The Morgan fingerprint density at radius 1 is 1.17 bits per heavy atom. The summed E-state index contributed by atoms with van der Waals surface area (Å²) in [5.74, 6) is -6.95. The van der Waals surface area contributed by atoms with Crippen LogP contribution in [-0.2, 0) is 11.3 Å². The van der Waals surface area contributed by atoms with E-state index in [4.69, 9.17) is 27.9 Å². The topological polar surface area (TPSA) is 57.7 Å². The number of pyridine rings is 1. The zero-order chi connectivity index (χ0) is 21.8. The van der Waals surface area contributed by atoms with Crippen molar-refractivity contribution in [1.29, 1.82) is 0 Å². The first-order valence-corrected chi connectivity index (χ1v) is 8.45. The Hall–Kier alpha value is -2.33. The Balaban J connectivity index is 2.12. The number of aromatic nitrogens is 1. The van der Waals surface area contributed by atoms with Gasteiger partial charge in [0, 0.05) is 16.7 Å². The number of halogens is 7. The predicted octanol–water partition coefficient (Wildman–Crippen LogP) is 5.17. The molecule has 0 bridgehead atoms. The number of nitrogens with zero attached hydrogens (tertiary/aromatic N) is 1. The fraction of sp³-hybridized carbons (Fsp3) is 0.294. The van der Waals surface area contributed by atoms with Crippen LogP contribution in [0.4, 0.5) is 22.0 Å². The summed E-state index contributed by atoms with van der Waals surface area (Å²) < 4.78 is 78.6. The van der Waals surface area contributed by atoms with Crippen molar-refractivity contribution in [1.82, 2.24) is 4.98 Å². The molecular weight excluding hydrogens is 448 g/mol. The molecule has 0 unspecified atom stereocenters. The average Bonchev–Trinajstić information content (AvgIpc) is 2.67. The van der Waals surface area contributed by atoms with E-state index in [1.165, 1.54) is 12.1 Å². The summed E-state index contributed by atoms with van der Waals surface area (Å²) in [6, 6.07) is 4.43. The molecule has 1 aromatic carbocycles. The summed E-state index contributed by atoms with van der Waals surface area (Å²) in [5.41, 5.74) is -0.234. The molecule has 12 heteroatoms. The van der Waals surface area contributed by atoms with Gasteiger partial charge in [-0.1, -0.05) is 23.2 Å². The zero-order valence-electron chi connectivity index (χ0n) is 14.5. The van der Waals surface area contributed by atoms with Crippen molar-refractivity contribution in [2.75, 3.05) is 13.7 Å². The SMILES string of the molecule is COC(=O)c1cc(Cl)c(COc2ccc(Cl)c(OCC(F)(F)C(F)F)n2)cc1F. The second kappa shape index (κ2) is 9.45. The highest BCUT2D eigenvalue weighted by Gasteiger charge is 2.42. The van der Waals surface area contributed by atoms with Gasteiger partial charge in [-0.25, -0.2) is 18.0 Å². The van der Waals surface area contributed by atoms with E-state index < -0.39 is 36.6 Å². The average molecular weight is 460 g/mol. The first kappa shape index (κ1) is 23.0. The second-order valence-electron chi connectivity index (χ2n) is 5.49. The van der Waals surface area contributed by atoms with E-state index >= 15 is 0 Å². The molecule has 1 heterocycles. The largest absolute Gasteiger partial charge is 0.473 e. The number of hydrogen-bond acceptors (Lipinski definition) is 5. The Kier molecular flexibility index (Phi) is 7.48. The van der Waals surface area contributed by atoms with Gasteiger partial charge in [0.25, 0.3) is 0 Å². The summed E-state index contributed by atoms with van der Waals surface area (Å²) in [6.07, 6.45) is -3.93. The fourth-order valence-electron chi connectivity index (χ4n) is 1.93. The van der Waals surface area contributed by atoms with E-state index in [1.54, 1.807) is 0 Å². The molecule has 1 aromatic heterocycles. The van der Waals surface area contributed by atoms with Gasteiger partial charge < -0.3 is 14.2 Å². The molecule has 29 heavy (non-hydrogen) atoms. The Labute approximate surface area is 171 Å². The lowest BCUT2D eigenvalue weighted by atomic mass is 10.1. The number of benzene rings is 1. The van der Waals surface area contributed by atoms with Crippen molar-refractivity contribution in [2.45, 2.75) is 19.0 Å². The van der Waals surface area contributed by atoms with Gasteiger partial charge in [-0.05, 0) is 18.2 Å². The minimum atomic E-state index is -4.39. The van der Waals surface area contributed by atoms with Gasteiger partial charge in [0.1, 0.15) is 17.4 Å². The van der Waals surface area contributed by atoms with Crippen LogP contribution in [0.15, 0.2) is 24.3 Å². The standard InChI is InChI=1S/C17H12Cl2F5NO4/c1-27-15(26)9-5-11(19)8(4-12(9)20)6-28-13-3-2-10(18)14(25-13)29-7-17(23,24)16(21)22/h2-5,16H,6-7H2,1H3. The van der Waals surface area contributed by atoms with Crippen molar-refractivity contribution < 1.29 is 41.0 Å². The van der Waals surface area contributed by atoms with Crippen LogP contribution in [-0.4, -0.2) is 37.0 Å². The normalized spacial score (nSPS) is 11.5. The summed E-state index contributed by atoms with van der Waals surface area (Å²) in [6.45, 7) is -1.97. The molecule has 0 spiro atoms. The molecular formula is C17H12Cl2F5NO4. The number of hydrogen-bond donors (Lipinski definition) is 0. The van der Waals surface area contributed by atoms with Crippen LogP contribution in [0.1, 0.15) is 15.9 Å². The van der Waals surface area contributed by atoms with Gasteiger partial charge in [0.15, 0.2) is 6.61 Å². The molecule has 0 aliphatic rings. The molecule has 2 rings (SSSR count). The molecule has 0 atom stereocenters. The molecule has 0 radical (unpaired) electrons. The van der Waals surface area contributed by atoms with Gasteiger partial charge in [-0.2, -0.15) is 13.8 Å². The van der Waals surface area contributed by atoms with Crippen LogP contribution in [0.5, 0.6) is 11.8 Å². The van der Waals surface area contributed by atoms with E-state index in [-0.39, 0.29) is 33.7 Å². The monoisotopic (exact) mass is 459 g/mol. The lowest BCUT2D eigenvalue weighted by Crippen LogP contribution is -2.34. The number of carbonyl (C=O) groups excluding carboxylic acids is 1. The molecule has 0 amide bonds. The lowest BCUT2D eigenvalue weighted by molar-refractivity contribution is -0.148. The van der Waals surface area contributed by atoms with Crippen LogP contribution >= 0.6 is 23.2 Å². The third-order valence-corrected chi connectivity index (χ3v) is 4.07. The van der Waals surface area contributed by atoms with Crippen LogP contribution < -0.4 is 9.47 Å². The molecule has 0 aliphatic heterocycles. The van der Waals surface area contributed by atoms with Crippen molar-refractivity contribution in [3.8, 4) is 11.8 Å². The van der Waals surface area contributed by atoms with E-state index in [2.05, 4.69) is 14.5 Å². The minimum absolute atomic E-state index is 0.00573. The summed E-state index contributed by atoms with van der Waals surface area (Å²) in [5, 5.41) is -0.220. The molecule has 5 nitrogen and oxygen atoms in total. The van der Waals surface area contributed by atoms with E-state index in [9.17, 15) is 26.7 Å². The summed E-state index contributed by atoms with van der Waals surface area (Å²) in [7, 11) is 1.08. The molecule has 0 aliphatic carbocycles. The lowest BCUT2D eigenvalue weighted by Gasteiger charge is -2.16. The maximum absolute atomic E-state index is 14.0. The van der Waals surface area contributed by atoms with Gasteiger partial charge in [0.2, 0.25) is 11.8 Å². The highest BCUT2D eigenvalue weighted by molar-refractivity contribution is 6.32. The highest BCUT2D eigenvalue weighted by Crippen LogP contribution is 2.29. The third kappa shape index (κ3) is 5.83. The minimum Gasteiger partial charge on any atom is -0.473 e. The van der Waals surface area contributed by atoms with E-state index in [1.807, 2.05) is 0 Å². The Morgan fingerprint density at radius 2 is 1.86 bits per heavy atom. The maximum atomic E-state index is 14.0. The molecule has 0 fully saturated rings. The molecule has 2 aromatic rings. The smallest absolute Gasteiger partial charge is 0.340 e. The van der Waals surface area contributed by atoms with Crippen LogP contribution in [0.2, 0.25) is 10.0 Å². The third-order valence-electron chi connectivity index (χ3n) is 3.43. The summed E-state index contributed by atoms with van der Waals surface area (Å²) in [4.78, 5) is 15.1. The Morgan fingerprint density at radius 3 is 2.48 bits per heavy atom. The first-order valence-electron chi connectivity index (χ1n) is 7.69. The predicted molar refractivity (Wildman–Crippen MR) is 92.8 cm³/mol. The molecule has 158 valence electrons. The highest BCUT2D eigenvalue weighted by atomic mass is 35.5. The molecule has 0 N–H and O–H groups in total. The molecule has 0 saturated heterocycles. The van der Waals surface area contributed by atoms with Crippen molar-refractivity contribution in [2.24, 2.45) is 0 Å². The van der Waals surface area contributed by atoms with Crippen LogP contribution in [0.25, 0.3) is 0 Å². The van der Waals surface area contributed by atoms with Gasteiger partial charge in [-0.3, -0.25) is 0 Å².